The van der Waals surface area contributed by atoms with E-state index in [-0.39, 0.29) is 22.9 Å². The lowest BCUT2D eigenvalue weighted by Gasteiger charge is -2.21. The SMILES string of the molecule is CCOc1cc(/C=N\NC(=O)[C@@H](Cc2ccccc2)NC(=O)[C@@H](C)Oc2ccc(Cl)cc2Cl)cc(Br)c1OCC(=O)O. The Kier molecular flexibility index (Phi) is 12.5. The van der Waals surface area contributed by atoms with Gasteiger partial charge in [-0.05, 0) is 71.2 Å². The minimum absolute atomic E-state index is 0.192. The van der Waals surface area contributed by atoms with Crippen molar-refractivity contribution in [3.63, 3.8) is 0 Å². The number of carboxylic acids is 1. The number of aliphatic carboxylic acids is 1. The molecular weight excluding hydrogens is 653 g/mol. The average molecular weight is 681 g/mol. The van der Waals surface area contributed by atoms with Crippen LogP contribution in [0.25, 0.3) is 0 Å². The van der Waals surface area contributed by atoms with Gasteiger partial charge in [-0.25, -0.2) is 10.2 Å². The highest BCUT2D eigenvalue weighted by Gasteiger charge is 2.25. The Balaban J connectivity index is 1.73. The molecule has 0 fully saturated rings. The number of amides is 2. The summed E-state index contributed by atoms with van der Waals surface area (Å²) in [7, 11) is 0. The molecule has 2 amide bonds. The predicted octanol–water partition coefficient (Wildman–Crippen LogP) is 5.26. The second-order valence-corrected chi connectivity index (χ2v) is 10.5. The van der Waals surface area contributed by atoms with Gasteiger partial charge in [-0.2, -0.15) is 5.10 Å². The number of nitrogens with one attached hydrogen (secondary N) is 2. The number of benzene rings is 3. The van der Waals surface area contributed by atoms with Crippen molar-refractivity contribution in [3.8, 4) is 17.2 Å². The van der Waals surface area contributed by atoms with Gasteiger partial charge in [-0.15, -0.1) is 0 Å². The van der Waals surface area contributed by atoms with Crippen LogP contribution in [0.5, 0.6) is 17.2 Å². The van der Waals surface area contributed by atoms with E-state index in [0.717, 1.165) is 5.56 Å². The molecule has 222 valence electrons. The number of ether oxygens (including phenoxy) is 3. The number of carboxylic acid groups (broad SMARTS) is 1. The standard InChI is InChI=1S/C29H28BrCl2N3O7/c1-3-40-25-13-19(11-21(30)27(25)41-16-26(36)37)15-33-35-29(39)23(12-18-7-5-4-6-8-18)34-28(38)17(2)42-24-10-9-20(31)14-22(24)32/h4-11,13-15,17,23H,3,12,16H2,1-2H3,(H,34,38)(H,35,39)(H,36,37)/b33-15-/t17-,23-/m1/s1. The zero-order valence-electron chi connectivity index (χ0n) is 22.6. The third-order valence-electron chi connectivity index (χ3n) is 5.54. The van der Waals surface area contributed by atoms with E-state index >= 15 is 0 Å². The lowest BCUT2D eigenvalue weighted by Crippen LogP contribution is -2.50. The largest absolute Gasteiger partial charge is 0.490 e. The molecule has 3 aromatic carbocycles. The zero-order valence-corrected chi connectivity index (χ0v) is 25.7. The van der Waals surface area contributed by atoms with Crippen molar-refractivity contribution in [2.24, 2.45) is 5.10 Å². The van der Waals surface area contributed by atoms with Gasteiger partial charge in [0.2, 0.25) is 0 Å². The van der Waals surface area contributed by atoms with Crippen LogP contribution in [0.3, 0.4) is 0 Å². The van der Waals surface area contributed by atoms with Crippen LogP contribution in [0.2, 0.25) is 10.0 Å². The molecule has 0 saturated carbocycles. The summed E-state index contributed by atoms with van der Waals surface area (Å²) < 4.78 is 17.0. The van der Waals surface area contributed by atoms with Crippen molar-refractivity contribution in [2.45, 2.75) is 32.4 Å². The minimum atomic E-state index is -1.13. The van der Waals surface area contributed by atoms with Crippen LogP contribution < -0.4 is 25.0 Å². The summed E-state index contributed by atoms with van der Waals surface area (Å²) in [5.41, 5.74) is 3.81. The minimum Gasteiger partial charge on any atom is -0.490 e. The molecule has 0 heterocycles. The van der Waals surface area contributed by atoms with Crippen molar-refractivity contribution in [3.05, 3.63) is 86.3 Å². The number of rotatable bonds is 14. The molecule has 0 aliphatic carbocycles. The van der Waals surface area contributed by atoms with Gasteiger partial charge < -0.3 is 24.6 Å². The lowest BCUT2D eigenvalue weighted by molar-refractivity contribution is -0.139. The molecule has 3 rings (SSSR count). The molecule has 13 heteroatoms. The Hall–Kier alpha value is -3.80. The molecule has 10 nitrogen and oxygen atoms in total. The Labute approximate surface area is 261 Å². The molecule has 3 N–H and O–H groups in total. The summed E-state index contributed by atoms with van der Waals surface area (Å²) in [4.78, 5) is 37.1. The number of hydrazone groups is 1. The van der Waals surface area contributed by atoms with Crippen LogP contribution in [0.4, 0.5) is 0 Å². The normalized spacial score (nSPS) is 12.3. The highest BCUT2D eigenvalue weighted by atomic mass is 79.9. The van der Waals surface area contributed by atoms with Gasteiger partial charge >= 0.3 is 5.97 Å². The molecule has 0 saturated heterocycles. The van der Waals surface area contributed by atoms with Gasteiger partial charge in [0.05, 0.1) is 22.3 Å². The summed E-state index contributed by atoms with van der Waals surface area (Å²) in [5.74, 6) is -1.44. The van der Waals surface area contributed by atoms with E-state index in [0.29, 0.717) is 27.4 Å². The summed E-state index contributed by atoms with van der Waals surface area (Å²) in [6.07, 6.45) is 0.592. The van der Waals surface area contributed by atoms with E-state index in [1.54, 1.807) is 31.2 Å². The van der Waals surface area contributed by atoms with Gasteiger partial charge in [0.1, 0.15) is 11.8 Å². The van der Waals surface area contributed by atoms with Crippen molar-refractivity contribution in [1.82, 2.24) is 10.7 Å². The number of hydrogen-bond donors (Lipinski definition) is 3. The Morgan fingerprint density at radius 1 is 1.02 bits per heavy atom. The fraction of sp³-hybridized carbons (Fsp3) is 0.241. The van der Waals surface area contributed by atoms with E-state index < -0.39 is 36.5 Å². The molecule has 42 heavy (non-hydrogen) atoms. The van der Waals surface area contributed by atoms with E-state index in [1.165, 1.54) is 19.2 Å². The fourth-order valence-corrected chi connectivity index (χ4v) is 4.64. The second kappa shape index (κ2) is 16.0. The second-order valence-electron chi connectivity index (χ2n) is 8.77. The molecular formula is C29H28BrCl2N3O7. The quantitative estimate of drug-likeness (QED) is 0.156. The topological polar surface area (TPSA) is 136 Å². The van der Waals surface area contributed by atoms with Crippen LogP contribution in [0.1, 0.15) is 25.0 Å². The molecule has 0 radical (unpaired) electrons. The van der Waals surface area contributed by atoms with Crippen molar-refractivity contribution in [1.29, 1.82) is 0 Å². The third kappa shape index (κ3) is 9.93. The van der Waals surface area contributed by atoms with Crippen LogP contribution in [0, 0.1) is 0 Å². The maximum Gasteiger partial charge on any atom is 0.341 e. The number of halogens is 3. The average Bonchev–Trinajstić information content (AvgIpc) is 2.94. The van der Waals surface area contributed by atoms with Gasteiger partial charge in [-0.3, -0.25) is 9.59 Å². The van der Waals surface area contributed by atoms with Gasteiger partial charge in [-0.1, -0.05) is 53.5 Å². The van der Waals surface area contributed by atoms with Gasteiger partial charge in [0.15, 0.2) is 24.2 Å². The van der Waals surface area contributed by atoms with Crippen LogP contribution in [0.15, 0.2) is 70.2 Å². The third-order valence-corrected chi connectivity index (χ3v) is 6.66. The molecule has 0 aliphatic rings. The number of hydrogen-bond acceptors (Lipinski definition) is 7. The van der Waals surface area contributed by atoms with Crippen LogP contribution in [-0.2, 0) is 20.8 Å². The number of carbonyl (C=O) groups is 3. The van der Waals surface area contributed by atoms with E-state index in [1.807, 2.05) is 30.3 Å². The first-order chi connectivity index (χ1) is 20.1. The number of nitrogens with zero attached hydrogens (tertiary/aromatic N) is 1. The molecule has 0 aliphatic heterocycles. The summed E-state index contributed by atoms with van der Waals surface area (Å²) in [5, 5.41) is 16.4. The zero-order chi connectivity index (χ0) is 30.6. The molecule has 2 atom stereocenters. The Morgan fingerprint density at radius 3 is 2.43 bits per heavy atom. The molecule has 3 aromatic rings. The smallest absolute Gasteiger partial charge is 0.341 e. The predicted molar refractivity (Wildman–Crippen MR) is 163 cm³/mol. The van der Waals surface area contributed by atoms with Crippen LogP contribution >= 0.6 is 39.1 Å². The van der Waals surface area contributed by atoms with E-state index in [4.69, 9.17) is 42.5 Å². The first-order valence-corrected chi connectivity index (χ1v) is 14.2. The van der Waals surface area contributed by atoms with Gasteiger partial charge in [0.25, 0.3) is 11.8 Å². The first kappa shape index (κ1) is 32.7. The fourth-order valence-electron chi connectivity index (χ4n) is 3.61. The van der Waals surface area contributed by atoms with Crippen LogP contribution in [-0.4, -0.2) is 54.5 Å². The van der Waals surface area contributed by atoms with Crippen molar-refractivity contribution < 1.29 is 33.7 Å². The van der Waals surface area contributed by atoms with E-state index in [9.17, 15) is 14.4 Å². The Morgan fingerprint density at radius 2 is 1.76 bits per heavy atom. The molecule has 0 aromatic heterocycles. The Bertz CT molecular complexity index is 1440. The summed E-state index contributed by atoms with van der Waals surface area (Å²) >= 11 is 15.4. The van der Waals surface area contributed by atoms with Gasteiger partial charge in [0, 0.05) is 11.4 Å². The van der Waals surface area contributed by atoms with Crippen molar-refractivity contribution in [2.75, 3.05) is 13.2 Å². The monoisotopic (exact) mass is 679 g/mol. The lowest BCUT2D eigenvalue weighted by atomic mass is 10.1. The maximum absolute atomic E-state index is 13.2. The number of carbonyl (C=O) groups excluding carboxylic acids is 2. The summed E-state index contributed by atoms with van der Waals surface area (Å²) in [6, 6.07) is 16.0. The van der Waals surface area contributed by atoms with Crippen molar-refractivity contribution >= 4 is 63.1 Å². The highest BCUT2D eigenvalue weighted by Crippen LogP contribution is 2.36. The first-order valence-electron chi connectivity index (χ1n) is 12.7. The van der Waals surface area contributed by atoms with E-state index in [2.05, 4.69) is 31.8 Å². The molecule has 0 spiro atoms. The molecule has 0 unspecified atom stereocenters. The summed E-state index contributed by atoms with van der Waals surface area (Å²) in [6.45, 7) is 3.06. The highest BCUT2D eigenvalue weighted by molar-refractivity contribution is 9.10. The maximum atomic E-state index is 13.2. The molecule has 0 bridgehead atoms.